The third-order valence-corrected chi connectivity index (χ3v) is 3.59. The normalized spacial score (nSPS) is 10.6. The van der Waals surface area contributed by atoms with Gasteiger partial charge in [-0.25, -0.2) is 0 Å². The molecule has 1 heterocycles. The number of unbranched alkanes of at least 4 members (excludes halogenated alkanes) is 1. The van der Waals surface area contributed by atoms with Crippen LogP contribution in [0.4, 0.5) is 0 Å². The monoisotopic (exact) mass is 261 g/mol. The summed E-state index contributed by atoms with van der Waals surface area (Å²) >= 11 is 5.32. The van der Waals surface area contributed by atoms with Gasteiger partial charge in [0.15, 0.2) is 0 Å². The molecule has 0 fully saturated rings. The van der Waals surface area contributed by atoms with Gasteiger partial charge in [0.25, 0.3) is 0 Å². The average Bonchev–Trinajstić information content (AvgIpc) is 2.51. The predicted molar refractivity (Wildman–Crippen MR) is 63.5 cm³/mol. The molecule has 0 saturated heterocycles. The lowest BCUT2D eigenvalue weighted by molar-refractivity contribution is 0.643. The first kappa shape index (κ1) is 11.2. The third kappa shape index (κ3) is 4.79. The molecule has 0 saturated carbocycles. The fraction of sp³-hybridized carbons (Fsp3) is 0.600. The Labute approximate surface area is 92.7 Å². The fourth-order valence-electron chi connectivity index (χ4n) is 1.21. The Balaban J connectivity index is 2.06. The highest BCUT2D eigenvalue weighted by atomic mass is 79.9. The van der Waals surface area contributed by atoms with Gasteiger partial charge in [0.2, 0.25) is 0 Å². The van der Waals surface area contributed by atoms with Gasteiger partial charge in [0.1, 0.15) is 0 Å². The van der Waals surface area contributed by atoms with E-state index in [1.165, 1.54) is 27.9 Å². The average molecular weight is 262 g/mol. The molecule has 0 aliphatic carbocycles. The molecule has 0 unspecified atom stereocenters. The van der Waals surface area contributed by atoms with Gasteiger partial charge in [-0.1, -0.05) is 6.92 Å². The van der Waals surface area contributed by atoms with E-state index in [4.69, 9.17) is 0 Å². The van der Waals surface area contributed by atoms with Gasteiger partial charge in [-0.3, -0.25) is 0 Å². The molecule has 0 amide bonds. The van der Waals surface area contributed by atoms with Crippen molar-refractivity contribution in [3.63, 3.8) is 0 Å². The minimum absolute atomic E-state index is 1.09. The van der Waals surface area contributed by atoms with Crippen LogP contribution in [0.1, 0.15) is 24.6 Å². The van der Waals surface area contributed by atoms with Crippen molar-refractivity contribution in [1.29, 1.82) is 0 Å². The Bertz CT molecular complexity index is 235. The summed E-state index contributed by atoms with van der Waals surface area (Å²) in [6, 6.07) is 4.34. The second kappa shape index (κ2) is 6.57. The van der Waals surface area contributed by atoms with Crippen molar-refractivity contribution in [3.8, 4) is 0 Å². The van der Waals surface area contributed by atoms with Crippen molar-refractivity contribution in [1.82, 2.24) is 5.32 Å². The molecular weight excluding hydrogens is 246 g/mol. The van der Waals surface area contributed by atoms with Crippen LogP contribution in [0.25, 0.3) is 0 Å². The molecule has 0 atom stereocenters. The highest BCUT2D eigenvalue weighted by Crippen LogP contribution is 2.23. The van der Waals surface area contributed by atoms with Gasteiger partial charge in [-0.2, -0.15) is 0 Å². The quantitative estimate of drug-likeness (QED) is 0.774. The predicted octanol–water partition coefficient (Wildman–Crippen LogP) is 3.44. The zero-order valence-electron chi connectivity index (χ0n) is 7.98. The van der Waals surface area contributed by atoms with E-state index in [9.17, 15) is 0 Å². The smallest absolute Gasteiger partial charge is 0.0701 e. The van der Waals surface area contributed by atoms with E-state index in [2.05, 4.69) is 40.3 Å². The number of aryl methyl sites for hydroxylation is 1. The zero-order chi connectivity index (χ0) is 9.52. The van der Waals surface area contributed by atoms with Gasteiger partial charge in [0.05, 0.1) is 3.79 Å². The SMILES string of the molecule is CCNCCCCc1ccc(Br)s1. The number of rotatable bonds is 6. The first-order valence-corrected chi connectivity index (χ1v) is 6.39. The number of hydrogen-bond acceptors (Lipinski definition) is 2. The van der Waals surface area contributed by atoms with Crippen molar-refractivity contribution in [2.45, 2.75) is 26.2 Å². The van der Waals surface area contributed by atoms with Crippen LogP contribution in [-0.2, 0) is 6.42 Å². The molecule has 1 nitrogen and oxygen atoms in total. The number of halogens is 1. The Morgan fingerprint density at radius 2 is 2.23 bits per heavy atom. The van der Waals surface area contributed by atoms with Crippen LogP contribution >= 0.6 is 27.3 Å². The number of nitrogens with one attached hydrogen (secondary N) is 1. The van der Waals surface area contributed by atoms with Crippen molar-refractivity contribution >= 4 is 27.3 Å². The zero-order valence-corrected chi connectivity index (χ0v) is 10.4. The van der Waals surface area contributed by atoms with Gasteiger partial charge < -0.3 is 5.32 Å². The molecule has 0 spiro atoms. The highest BCUT2D eigenvalue weighted by Gasteiger charge is 1.96. The minimum atomic E-state index is 1.09. The van der Waals surface area contributed by atoms with Gasteiger partial charge in [-0.15, -0.1) is 11.3 Å². The lowest BCUT2D eigenvalue weighted by atomic mass is 10.2. The largest absolute Gasteiger partial charge is 0.317 e. The number of thiophene rings is 1. The van der Waals surface area contributed by atoms with Crippen LogP contribution in [0.3, 0.4) is 0 Å². The van der Waals surface area contributed by atoms with Crippen LogP contribution in [0.15, 0.2) is 15.9 Å². The molecule has 3 heteroatoms. The van der Waals surface area contributed by atoms with Gasteiger partial charge >= 0.3 is 0 Å². The number of hydrogen-bond donors (Lipinski definition) is 1. The van der Waals surface area contributed by atoms with E-state index >= 15 is 0 Å². The van der Waals surface area contributed by atoms with Crippen molar-refractivity contribution in [3.05, 3.63) is 20.8 Å². The van der Waals surface area contributed by atoms with Crippen molar-refractivity contribution in [2.75, 3.05) is 13.1 Å². The van der Waals surface area contributed by atoms with Crippen LogP contribution in [-0.4, -0.2) is 13.1 Å². The highest BCUT2D eigenvalue weighted by molar-refractivity contribution is 9.11. The maximum absolute atomic E-state index is 3.47. The van der Waals surface area contributed by atoms with E-state index < -0.39 is 0 Å². The second-order valence-electron chi connectivity index (χ2n) is 3.02. The minimum Gasteiger partial charge on any atom is -0.317 e. The molecule has 0 radical (unpaired) electrons. The van der Waals surface area contributed by atoms with E-state index in [-0.39, 0.29) is 0 Å². The first-order valence-electron chi connectivity index (χ1n) is 4.78. The van der Waals surface area contributed by atoms with E-state index in [0.29, 0.717) is 0 Å². The molecule has 0 bridgehead atoms. The molecular formula is C10H16BrNS. The molecule has 13 heavy (non-hydrogen) atoms. The summed E-state index contributed by atoms with van der Waals surface area (Å²) in [5, 5.41) is 3.33. The molecule has 1 rings (SSSR count). The fourth-order valence-corrected chi connectivity index (χ4v) is 2.74. The molecule has 0 aromatic carbocycles. The summed E-state index contributed by atoms with van der Waals surface area (Å²) in [5.41, 5.74) is 0. The van der Waals surface area contributed by atoms with Crippen LogP contribution < -0.4 is 5.32 Å². The summed E-state index contributed by atoms with van der Waals surface area (Å²) in [7, 11) is 0. The van der Waals surface area contributed by atoms with Gasteiger partial charge in [0, 0.05) is 4.88 Å². The topological polar surface area (TPSA) is 12.0 Å². The Hall–Kier alpha value is 0.140. The maximum Gasteiger partial charge on any atom is 0.0701 e. The molecule has 74 valence electrons. The lowest BCUT2D eigenvalue weighted by Crippen LogP contribution is -2.13. The van der Waals surface area contributed by atoms with E-state index in [0.717, 1.165) is 13.1 Å². The summed E-state index contributed by atoms with van der Waals surface area (Å²) in [4.78, 5) is 1.49. The maximum atomic E-state index is 3.47. The molecule has 1 aromatic rings. The summed E-state index contributed by atoms with van der Waals surface area (Å²) in [6.07, 6.45) is 3.80. The second-order valence-corrected chi connectivity index (χ2v) is 5.56. The summed E-state index contributed by atoms with van der Waals surface area (Å²) in [5.74, 6) is 0. The molecule has 1 N–H and O–H groups in total. The van der Waals surface area contributed by atoms with E-state index in [1.807, 2.05) is 11.3 Å². The van der Waals surface area contributed by atoms with Crippen LogP contribution in [0.5, 0.6) is 0 Å². The van der Waals surface area contributed by atoms with Crippen LogP contribution in [0, 0.1) is 0 Å². The standard InChI is InChI=1S/C10H16BrNS/c1-2-12-8-4-3-5-9-6-7-10(11)13-9/h6-7,12H,2-5,8H2,1H3. The lowest BCUT2D eigenvalue weighted by Gasteiger charge is -1.99. The Kier molecular flexibility index (Phi) is 5.67. The summed E-state index contributed by atoms with van der Waals surface area (Å²) < 4.78 is 1.24. The third-order valence-electron chi connectivity index (χ3n) is 1.91. The first-order chi connectivity index (χ1) is 6.33. The van der Waals surface area contributed by atoms with E-state index in [1.54, 1.807) is 0 Å². The Morgan fingerprint density at radius 3 is 2.85 bits per heavy atom. The molecule has 1 aromatic heterocycles. The van der Waals surface area contributed by atoms with Crippen LogP contribution in [0.2, 0.25) is 0 Å². The van der Waals surface area contributed by atoms with Crippen molar-refractivity contribution < 1.29 is 0 Å². The Morgan fingerprint density at radius 1 is 1.38 bits per heavy atom. The molecule has 0 aliphatic heterocycles. The van der Waals surface area contributed by atoms with Gasteiger partial charge in [-0.05, 0) is 60.4 Å². The van der Waals surface area contributed by atoms with Crippen molar-refractivity contribution in [2.24, 2.45) is 0 Å². The summed E-state index contributed by atoms with van der Waals surface area (Å²) in [6.45, 7) is 4.39. The molecule has 0 aliphatic rings.